The molecule has 6 nitrogen and oxygen atoms in total. The van der Waals surface area contributed by atoms with Crippen LogP contribution in [0.25, 0.3) is 0 Å². The Labute approximate surface area is 85.2 Å². The Morgan fingerprint density at radius 3 is 1.27 bits per heavy atom. The van der Waals surface area contributed by atoms with Crippen LogP contribution < -0.4 is 0 Å². The molecule has 0 saturated carbocycles. The number of hydrogen-bond acceptors (Lipinski definition) is 3. The van der Waals surface area contributed by atoms with E-state index in [1.54, 1.807) is 0 Å². The zero-order valence-corrected chi connectivity index (χ0v) is 6.85. The van der Waals surface area contributed by atoms with E-state index in [4.69, 9.17) is 27.4 Å². The van der Waals surface area contributed by atoms with Crippen LogP contribution >= 0.6 is 0 Å². The molecule has 0 aromatic carbocycles. The Kier molecular flexibility index (Phi) is 21.3. The fourth-order valence-electron chi connectivity index (χ4n) is 0. The fraction of sp³-hybridized carbons (Fsp3) is 0.500. The molecule has 1 radical (unpaired) electrons. The molecule has 0 amide bonds. The first-order valence-electron chi connectivity index (χ1n) is 1.63. The summed E-state index contributed by atoms with van der Waals surface area (Å²) in [5.74, 6) is -0.833. The molecule has 0 aliphatic heterocycles. The Balaban J connectivity index is -0.0000000383. The second kappa shape index (κ2) is 10.4. The van der Waals surface area contributed by atoms with E-state index in [2.05, 4.69) is 0 Å². The second-order valence-electron chi connectivity index (χ2n) is 0.967. The van der Waals surface area contributed by atoms with Crippen LogP contribution in [-0.2, 0) is 32.3 Å². The van der Waals surface area contributed by atoms with E-state index in [-0.39, 0.29) is 34.4 Å². The molecule has 0 aliphatic rings. The molecule has 0 rings (SSSR count). The quantitative estimate of drug-likeness (QED) is 0.343. The topological polar surface area (TPSA) is 112 Å². The van der Waals surface area contributed by atoms with Gasteiger partial charge >= 0.3 is 10.4 Å². The zero-order chi connectivity index (χ0) is 8.08. The molecular weight excluding hydrogens is 234 g/mol. The summed E-state index contributed by atoms with van der Waals surface area (Å²) in [5, 5.41) is 7.42. The summed E-state index contributed by atoms with van der Waals surface area (Å²) in [4.78, 5) is 9.00. The molecule has 0 bridgehead atoms. The first-order chi connectivity index (χ1) is 3.73. The van der Waals surface area contributed by atoms with Crippen molar-refractivity contribution in [3.8, 4) is 0 Å². The first-order valence-corrected chi connectivity index (χ1v) is 3.02. The third-order valence-corrected chi connectivity index (χ3v) is 0. The van der Waals surface area contributed by atoms with Crippen LogP contribution in [0.15, 0.2) is 0 Å². The Bertz CT molecular complexity index is 163. The summed E-state index contributed by atoms with van der Waals surface area (Å²) in [7, 11) is -4.67. The molecule has 0 unspecified atom stereocenters. The summed E-state index contributed by atoms with van der Waals surface area (Å²) in [6.07, 6.45) is 0. The summed E-state index contributed by atoms with van der Waals surface area (Å²) >= 11 is 0. The van der Waals surface area contributed by atoms with E-state index in [1.807, 2.05) is 0 Å². The number of carboxylic acids is 1. The van der Waals surface area contributed by atoms with Gasteiger partial charge in [-0.05, 0) is 0 Å². The first kappa shape index (κ1) is 22.5. The fourth-order valence-corrected chi connectivity index (χ4v) is 0. The molecule has 11 heavy (non-hydrogen) atoms. The molecule has 0 aromatic heterocycles. The third kappa shape index (κ3) is 4760. The molecule has 9 heteroatoms. The number of aliphatic carboxylic acids is 1. The molecule has 69 valence electrons. The van der Waals surface area contributed by atoms with E-state index in [9.17, 15) is 0 Å². The third-order valence-electron chi connectivity index (χ3n) is 0. The number of carboxylic acid groups (broad SMARTS) is 1. The van der Waals surface area contributed by atoms with Gasteiger partial charge in [-0.15, -0.1) is 0 Å². The van der Waals surface area contributed by atoms with Gasteiger partial charge in [-0.3, -0.25) is 13.9 Å². The Morgan fingerprint density at radius 2 is 1.27 bits per heavy atom. The van der Waals surface area contributed by atoms with E-state index in [0.717, 1.165) is 6.92 Å². The monoisotopic (exact) mass is 243 g/mol. The predicted octanol–water partition coefficient (Wildman–Crippen LogP) is -1.75. The summed E-state index contributed by atoms with van der Waals surface area (Å²) in [6, 6.07) is 0. The largest absolute Gasteiger partial charge is 0.481 e. The van der Waals surface area contributed by atoms with E-state index in [0.29, 0.717) is 0 Å². The van der Waals surface area contributed by atoms with Crippen LogP contribution in [0.1, 0.15) is 6.92 Å². The van der Waals surface area contributed by atoms with Crippen molar-refractivity contribution in [2.24, 2.45) is 0 Å². The van der Waals surface area contributed by atoms with E-state index < -0.39 is 16.4 Å². The molecule has 0 aliphatic carbocycles. The molecule has 3 N–H and O–H groups in total. The molecule has 0 aromatic rings. The predicted molar refractivity (Wildman–Crippen MR) is 37.4 cm³/mol. The van der Waals surface area contributed by atoms with Crippen molar-refractivity contribution in [2.75, 3.05) is 0 Å². The van der Waals surface area contributed by atoms with Crippen LogP contribution in [0.4, 0.5) is 0 Å². The van der Waals surface area contributed by atoms with Crippen LogP contribution in [0.5, 0.6) is 0 Å². The van der Waals surface area contributed by atoms with Crippen LogP contribution in [0, 0.1) is 0 Å². The average molecular weight is 243 g/mol. The summed E-state index contributed by atoms with van der Waals surface area (Å²) < 4.78 is 31.6. The van der Waals surface area contributed by atoms with Crippen molar-refractivity contribution in [1.29, 1.82) is 0 Å². The molecule has 0 atom stereocenters. The van der Waals surface area contributed by atoms with Crippen molar-refractivity contribution < 1.29 is 44.5 Å². The minimum atomic E-state index is -4.67. The van der Waals surface area contributed by atoms with Gasteiger partial charge in [0.05, 0.1) is 0 Å². The Hall–Kier alpha value is 0.392. The maximum absolute atomic E-state index is 9.00. The van der Waals surface area contributed by atoms with E-state index in [1.165, 1.54) is 0 Å². The summed E-state index contributed by atoms with van der Waals surface area (Å²) in [5.41, 5.74) is 0. The van der Waals surface area contributed by atoms with Crippen molar-refractivity contribution in [3.05, 3.63) is 0 Å². The van der Waals surface area contributed by atoms with Crippen molar-refractivity contribution >= 4 is 33.7 Å². The van der Waals surface area contributed by atoms with Gasteiger partial charge in [-0.1, -0.05) is 0 Å². The maximum atomic E-state index is 9.00. The zero-order valence-electron chi connectivity index (χ0n) is 4.85. The van der Waals surface area contributed by atoms with Gasteiger partial charge in [0.2, 0.25) is 0 Å². The smallest absolute Gasteiger partial charge is 0.394 e. The SMILES string of the molecule is CC(=O)O.O=S(=O)(O)O.[AlH3].[Mn]. The van der Waals surface area contributed by atoms with Gasteiger partial charge in [0, 0.05) is 24.0 Å². The normalized spacial score (nSPS) is 7.55. The Morgan fingerprint density at radius 1 is 1.27 bits per heavy atom. The number of carbonyl (C=O) groups is 1. The van der Waals surface area contributed by atoms with Gasteiger partial charge in [0.25, 0.3) is 5.97 Å². The van der Waals surface area contributed by atoms with Gasteiger partial charge in [0.1, 0.15) is 0 Å². The molecule has 0 fully saturated rings. The molecular formula is C2H9AlMnO6S. The van der Waals surface area contributed by atoms with Crippen LogP contribution in [0.3, 0.4) is 0 Å². The molecule has 0 heterocycles. The van der Waals surface area contributed by atoms with Gasteiger partial charge in [0.15, 0.2) is 17.4 Å². The van der Waals surface area contributed by atoms with E-state index >= 15 is 0 Å². The van der Waals surface area contributed by atoms with Gasteiger partial charge < -0.3 is 5.11 Å². The molecule has 0 spiro atoms. The number of hydrogen-bond donors (Lipinski definition) is 3. The average Bonchev–Trinajstić information content (AvgIpc) is 1.19. The number of rotatable bonds is 0. The van der Waals surface area contributed by atoms with Crippen molar-refractivity contribution in [3.63, 3.8) is 0 Å². The van der Waals surface area contributed by atoms with Crippen molar-refractivity contribution in [1.82, 2.24) is 0 Å². The summed E-state index contributed by atoms with van der Waals surface area (Å²) in [6.45, 7) is 1.08. The van der Waals surface area contributed by atoms with Gasteiger partial charge in [-0.2, -0.15) is 8.42 Å². The standard InChI is InChI=1S/C2H4O2.Al.Mn.H2O4S.3H/c1-2(3)4;;;1-5(2,3)4;;;/h1H3,(H,3,4);;;(H2,1,2,3,4);;;. The van der Waals surface area contributed by atoms with Crippen LogP contribution in [0.2, 0.25) is 0 Å². The second-order valence-corrected chi connectivity index (χ2v) is 1.86. The van der Waals surface area contributed by atoms with Gasteiger partial charge in [-0.25, -0.2) is 0 Å². The minimum Gasteiger partial charge on any atom is -0.481 e. The van der Waals surface area contributed by atoms with Crippen LogP contribution in [-0.4, -0.2) is 46.0 Å². The molecule has 0 saturated heterocycles. The maximum Gasteiger partial charge on any atom is 0.394 e. The van der Waals surface area contributed by atoms with Crippen molar-refractivity contribution in [2.45, 2.75) is 6.92 Å². The minimum absolute atomic E-state index is 0.